The third-order valence-electron chi connectivity index (χ3n) is 3.43. The summed E-state index contributed by atoms with van der Waals surface area (Å²) in [6, 6.07) is 4.56. The van der Waals surface area contributed by atoms with Gasteiger partial charge in [-0.1, -0.05) is 44.7 Å². The lowest BCUT2D eigenvalue weighted by Crippen LogP contribution is -2.41. The SMILES string of the molecule is O=C(c1cc(F)cc(Br)c1)N1CCCCCC1CBr. The van der Waals surface area contributed by atoms with Crippen molar-refractivity contribution >= 4 is 37.8 Å². The fraction of sp³-hybridized carbons (Fsp3) is 0.500. The van der Waals surface area contributed by atoms with Crippen LogP contribution in [-0.2, 0) is 0 Å². The molecule has 1 aliphatic rings. The van der Waals surface area contributed by atoms with Crippen LogP contribution in [0.15, 0.2) is 22.7 Å². The van der Waals surface area contributed by atoms with Gasteiger partial charge in [-0.3, -0.25) is 4.79 Å². The number of carbonyl (C=O) groups excluding carboxylic acids is 1. The van der Waals surface area contributed by atoms with Gasteiger partial charge < -0.3 is 4.90 Å². The van der Waals surface area contributed by atoms with E-state index in [1.54, 1.807) is 6.07 Å². The highest BCUT2D eigenvalue weighted by Crippen LogP contribution is 2.22. The van der Waals surface area contributed by atoms with Crippen molar-refractivity contribution in [3.05, 3.63) is 34.1 Å². The minimum atomic E-state index is -0.386. The van der Waals surface area contributed by atoms with E-state index >= 15 is 0 Å². The normalized spacial score (nSPS) is 20.2. The Morgan fingerprint density at radius 2 is 2.11 bits per heavy atom. The fourth-order valence-corrected chi connectivity index (χ4v) is 3.59. The zero-order valence-electron chi connectivity index (χ0n) is 10.5. The van der Waals surface area contributed by atoms with Crippen molar-refractivity contribution in [1.29, 1.82) is 0 Å². The predicted octanol–water partition coefficient (Wildman–Crippen LogP) is 4.37. The van der Waals surface area contributed by atoms with E-state index in [1.165, 1.54) is 12.1 Å². The number of rotatable bonds is 2. The molecule has 1 heterocycles. The van der Waals surface area contributed by atoms with Crippen molar-refractivity contribution in [3.8, 4) is 0 Å². The first-order valence-corrected chi connectivity index (χ1v) is 8.36. The van der Waals surface area contributed by atoms with Gasteiger partial charge in [-0.2, -0.15) is 0 Å². The van der Waals surface area contributed by atoms with Crippen molar-refractivity contribution < 1.29 is 9.18 Å². The topological polar surface area (TPSA) is 20.3 Å². The first-order chi connectivity index (χ1) is 9.11. The summed E-state index contributed by atoms with van der Waals surface area (Å²) in [5.41, 5.74) is 0.416. The maximum absolute atomic E-state index is 13.4. The largest absolute Gasteiger partial charge is 0.335 e. The van der Waals surface area contributed by atoms with E-state index in [2.05, 4.69) is 31.9 Å². The smallest absolute Gasteiger partial charge is 0.254 e. The van der Waals surface area contributed by atoms with Crippen molar-refractivity contribution in [2.24, 2.45) is 0 Å². The average molecular weight is 393 g/mol. The quantitative estimate of drug-likeness (QED) is 0.684. The summed E-state index contributed by atoms with van der Waals surface area (Å²) < 4.78 is 14.0. The molecule has 1 aromatic rings. The van der Waals surface area contributed by atoms with Crippen molar-refractivity contribution in [1.82, 2.24) is 4.90 Å². The van der Waals surface area contributed by atoms with Crippen LogP contribution in [0.2, 0.25) is 0 Å². The molecular formula is C14H16Br2FNO. The lowest BCUT2D eigenvalue weighted by molar-refractivity contribution is 0.0701. The molecule has 0 saturated carbocycles. The number of likely N-dealkylation sites (tertiary alicyclic amines) is 1. The lowest BCUT2D eigenvalue weighted by atomic mass is 10.1. The second-order valence-electron chi connectivity index (χ2n) is 4.81. The zero-order chi connectivity index (χ0) is 13.8. The first-order valence-electron chi connectivity index (χ1n) is 6.45. The Bertz CT molecular complexity index is 447. The summed E-state index contributed by atoms with van der Waals surface area (Å²) in [6.07, 6.45) is 4.33. The molecular weight excluding hydrogens is 377 g/mol. The minimum absolute atomic E-state index is 0.0773. The summed E-state index contributed by atoms with van der Waals surface area (Å²) in [4.78, 5) is 14.4. The number of hydrogen-bond acceptors (Lipinski definition) is 1. The minimum Gasteiger partial charge on any atom is -0.335 e. The van der Waals surface area contributed by atoms with Crippen LogP contribution in [-0.4, -0.2) is 28.7 Å². The zero-order valence-corrected chi connectivity index (χ0v) is 13.7. The van der Waals surface area contributed by atoms with E-state index < -0.39 is 0 Å². The van der Waals surface area contributed by atoms with E-state index in [-0.39, 0.29) is 17.8 Å². The standard InChI is InChI=1S/C14H16Br2FNO/c15-9-13-4-2-1-3-5-18(13)14(19)10-6-11(16)8-12(17)7-10/h6-8,13H,1-5,9H2. The Kier molecular flexibility index (Phi) is 5.39. The molecule has 104 valence electrons. The molecule has 1 atom stereocenters. The molecule has 1 unspecified atom stereocenters. The summed E-state index contributed by atoms with van der Waals surface area (Å²) in [5, 5.41) is 0.773. The third-order valence-corrected chi connectivity index (χ3v) is 4.63. The van der Waals surface area contributed by atoms with Crippen LogP contribution in [0, 0.1) is 5.82 Å². The van der Waals surface area contributed by atoms with E-state index in [0.717, 1.165) is 37.6 Å². The van der Waals surface area contributed by atoms with Gasteiger partial charge in [-0.15, -0.1) is 0 Å². The van der Waals surface area contributed by atoms with Crippen molar-refractivity contribution in [2.45, 2.75) is 31.7 Å². The molecule has 1 aromatic carbocycles. The van der Waals surface area contributed by atoms with Gasteiger partial charge in [-0.25, -0.2) is 4.39 Å². The van der Waals surface area contributed by atoms with Crippen LogP contribution in [0.5, 0.6) is 0 Å². The highest BCUT2D eigenvalue weighted by Gasteiger charge is 2.25. The van der Waals surface area contributed by atoms with E-state index in [4.69, 9.17) is 0 Å². The van der Waals surface area contributed by atoms with E-state index in [1.807, 2.05) is 4.90 Å². The van der Waals surface area contributed by atoms with Gasteiger partial charge in [0.25, 0.3) is 5.91 Å². The Balaban J connectivity index is 2.25. The second-order valence-corrected chi connectivity index (χ2v) is 6.38. The number of benzene rings is 1. The molecule has 0 aliphatic carbocycles. The Labute approximate surface area is 129 Å². The van der Waals surface area contributed by atoms with Crippen LogP contribution in [0.1, 0.15) is 36.0 Å². The molecule has 1 aliphatic heterocycles. The monoisotopic (exact) mass is 391 g/mol. The van der Waals surface area contributed by atoms with E-state index in [0.29, 0.717) is 10.0 Å². The van der Waals surface area contributed by atoms with Gasteiger partial charge in [0.15, 0.2) is 0 Å². The molecule has 5 heteroatoms. The Morgan fingerprint density at radius 1 is 1.32 bits per heavy atom. The highest BCUT2D eigenvalue weighted by atomic mass is 79.9. The molecule has 1 amide bonds. The number of amides is 1. The fourth-order valence-electron chi connectivity index (χ4n) is 2.45. The first kappa shape index (κ1) is 15.0. The molecule has 0 radical (unpaired) electrons. The van der Waals surface area contributed by atoms with Crippen LogP contribution in [0.3, 0.4) is 0 Å². The Hall–Kier alpha value is -0.420. The summed E-state index contributed by atoms with van der Waals surface area (Å²) in [7, 11) is 0. The van der Waals surface area contributed by atoms with E-state index in [9.17, 15) is 9.18 Å². The van der Waals surface area contributed by atoms with Crippen molar-refractivity contribution in [2.75, 3.05) is 11.9 Å². The van der Waals surface area contributed by atoms with Gasteiger partial charge in [-0.05, 0) is 31.0 Å². The molecule has 1 fully saturated rings. The molecule has 19 heavy (non-hydrogen) atoms. The molecule has 0 bridgehead atoms. The second kappa shape index (κ2) is 6.84. The lowest BCUT2D eigenvalue weighted by Gasteiger charge is -2.29. The molecule has 0 N–H and O–H groups in total. The predicted molar refractivity (Wildman–Crippen MR) is 81.2 cm³/mol. The van der Waals surface area contributed by atoms with Gasteiger partial charge in [0.2, 0.25) is 0 Å². The van der Waals surface area contributed by atoms with Crippen LogP contribution >= 0.6 is 31.9 Å². The number of halogens is 3. The number of alkyl halides is 1. The maximum atomic E-state index is 13.4. The highest BCUT2D eigenvalue weighted by molar-refractivity contribution is 9.10. The van der Waals surface area contributed by atoms with Gasteiger partial charge in [0.1, 0.15) is 5.82 Å². The van der Waals surface area contributed by atoms with Gasteiger partial charge in [0.05, 0.1) is 0 Å². The van der Waals surface area contributed by atoms with Crippen LogP contribution < -0.4 is 0 Å². The Morgan fingerprint density at radius 3 is 2.79 bits per heavy atom. The number of nitrogens with zero attached hydrogens (tertiary/aromatic N) is 1. The molecule has 1 saturated heterocycles. The molecule has 2 nitrogen and oxygen atoms in total. The number of hydrogen-bond donors (Lipinski definition) is 0. The van der Waals surface area contributed by atoms with Crippen LogP contribution in [0.25, 0.3) is 0 Å². The summed E-state index contributed by atoms with van der Waals surface area (Å²) in [5.74, 6) is -0.463. The summed E-state index contributed by atoms with van der Waals surface area (Å²) >= 11 is 6.71. The summed E-state index contributed by atoms with van der Waals surface area (Å²) in [6.45, 7) is 0.753. The maximum Gasteiger partial charge on any atom is 0.254 e. The average Bonchev–Trinajstić information content (AvgIpc) is 2.61. The molecule has 0 aromatic heterocycles. The van der Waals surface area contributed by atoms with Crippen LogP contribution in [0.4, 0.5) is 4.39 Å². The van der Waals surface area contributed by atoms with Gasteiger partial charge >= 0.3 is 0 Å². The third kappa shape index (κ3) is 3.78. The molecule has 2 rings (SSSR count). The van der Waals surface area contributed by atoms with Gasteiger partial charge in [0, 0.05) is 28.0 Å². The van der Waals surface area contributed by atoms with Crippen molar-refractivity contribution in [3.63, 3.8) is 0 Å². The number of carbonyl (C=O) groups is 1. The molecule has 0 spiro atoms.